The average molecular weight is 344 g/mol. The van der Waals surface area contributed by atoms with Gasteiger partial charge in [-0.05, 0) is 79.5 Å². The highest BCUT2D eigenvalue weighted by atomic mass is 17.2. The van der Waals surface area contributed by atoms with Crippen molar-refractivity contribution in [1.29, 1.82) is 0 Å². The number of aliphatic carboxylic acids is 1. The molecular formula is C20H25NO4. The second-order valence-corrected chi connectivity index (χ2v) is 8.00. The van der Waals surface area contributed by atoms with Crippen LogP contribution in [0.1, 0.15) is 56.1 Å². The second-order valence-electron chi connectivity index (χ2n) is 8.00. The number of oxime groups is 1. The molecule has 0 radical (unpaired) electrons. The summed E-state index contributed by atoms with van der Waals surface area (Å²) < 4.78 is 0. The highest BCUT2D eigenvalue weighted by Crippen LogP contribution is 2.59. The Morgan fingerprint density at radius 3 is 3.00 bits per heavy atom. The van der Waals surface area contributed by atoms with Gasteiger partial charge in [-0.15, -0.1) is 0 Å². The largest absolute Gasteiger partial charge is 0.508 e. The van der Waals surface area contributed by atoms with Crippen LogP contribution in [0.4, 0.5) is 0 Å². The quantitative estimate of drug-likeness (QED) is 0.819. The monoisotopic (exact) mass is 344 g/mol. The molecule has 1 aromatic rings. The molecule has 25 heavy (non-hydrogen) atoms. The third kappa shape index (κ3) is 2.70. The van der Waals surface area contributed by atoms with Gasteiger partial charge in [0.15, 0.2) is 0 Å². The summed E-state index contributed by atoms with van der Waals surface area (Å²) in [5, 5.41) is 22.7. The van der Waals surface area contributed by atoms with Gasteiger partial charge in [0, 0.05) is 5.41 Å². The molecule has 0 amide bonds. The van der Waals surface area contributed by atoms with E-state index in [4.69, 9.17) is 9.94 Å². The lowest BCUT2D eigenvalue weighted by molar-refractivity contribution is -0.142. The summed E-state index contributed by atoms with van der Waals surface area (Å²) >= 11 is 0. The Hall–Kier alpha value is -2.04. The fourth-order valence-corrected chi connectivity index (χ4v) is 5.67. The highest BCUT2D eigenvalue weighted by molar-refractivity contribution is 5.92. The molecule has 4 atom stereocenters. The number of aryl methyl sites for hydroxylation is 1. The molecule has 0 aromatic heterocycles. The Bertz CT molecular complexity index is 728. The predicted molar refractivity (Wildman–Crippen MR) is 93.7 cm³/mol. The zero-order valence-corrected chi connectivity index (χ0v) is 14.6. The number of benzene rings is 1. The van der Waals surface area contributed by atoms with Crippen molar-refractivity contribution in [2.45, 2.75) is 51.4 Å². The topological polar surface area (TPSA) is 79.1 Å². The molecule has 0 saturated heterocycles. The third-order valence-electron chi connectivity index (χ3n) is 6.81. The van der Waals surface area contributed by atoms with Crippen LogP contribution in [0.2, 0.25) is 0 Å². The lowest BCUT2D eigenvalue weighted by Crippen LogP contribution is -2.42. The Labute approximate surface area is 147 Å². The molecule has 4 rings (SSSR count). The summed E-state index contributed by atoms with van der Waals surface area (Å²) in [5.74, 6) is 1.17. The van der Waals surface area contributed by atoms with Crippen molar-refractivity contribution in [2.24, 2.45) is 22.4 Å². The van der Waals surface area contributed by atoms with E-state index >= 15 is 0 Å². The third-order valence-corrected chi connectivity index (χ3v) is 6.81. The first kappa shape index (κ1) is 16.4. The summed E-state index contributed by atoms with van der Waals surface area (Å²) in [6.45, 7) is 1.92. The molecule has 2 fully saturated rings. The van der Waals surface area contributed by atoms with Gasteiger partial charge in [0.05, 0.1) is 5.71 Å². The molecule has 0 aliphatic heterocycles. The average Bonchev–Trinajstić information content (AvgIpc) is 2.91. The molecular weight excluding hydrogens is 319 g/mol. The lowest BCUT2D eigenvalue weighted by Gasteiger charge is -2.49. The molecule has 5 heteroatoms. The fourth-order valence-electron chi connectivity index (χ4n) is 5.67. The first-order valence-corrected chi connectivity index (χ1v) is 9.22. The smallest absolute Gasteiger partial charge is 0.344 e. The number of hydrogen-bond acceptors (Lipinski definition) is 4. The van der Waals surface area contributed by atoms with Gasteiger partial charge in [0.1, 0.15) is 5.75 Å². The van der Waals surface area contributed by atoms with Crippen molar-refractivity contribution in [3.05, 3.63) is 29.3 Å². The van der Waals surface area contributed by atoms with E-state index < -0.39 is 5.97 Å². The SMILES string of the molecule is C[C@]12CC[C@@H]3c4ccc([17OH])cc4CC[C@H]3[C@@H]1CCC2=NOCC(=O)O. The summed E-state index contributed by atoms with van der Waals surface area (Å²) in [5.41, 5.74) is 3.81. The van der Waals surface area contributed by atoms with Crippen LogP contribution in [0, 0.1) is 17.3 Å². The van der Waals surface area contributed by atoms with Crippen molar-refractivity contribution in [2.75, 3.05) is 6.61 Å². The van der Waals surface area contributed by atoms with Crippen LogP contribution in [-0.2, 0) is 16.1 Å². The van der Waals surface area contributed by atoms with Gasteiger partial charge in [-0.3, -0.25) is 0 Å². The maximum Gasteiger partial charge on any atom is 0.344 e. The molecule has 134 valence electrons. The first-order chi connectivity index (χ1) is 12.0. The van der Waals surface area contributed by atoms with Crippen LogP contribution in [0.3, 0.4) is 0 Å². The number of carbonyl (C=O) groups is 1. The minimum absolute atomic E-state index is 0.0358. The normalized spacial score (nSPS) is 34.9. The van der Waals surface area contributed by atoms with Crippen LogP contribution in [0.15, 0.2) is 23.4 Å². The molecule has 2 N–H and O–H groups in total. The number of aromatic hydroxyl groups is 1. The molecule has 0 spiro atoms. The van der Waals surface area contributed by atoms with Crippen molar-refractivity contribution >= 4 is 11.7 Å². The van der Waals surface area contributed by atoms with Gasteiger partial charge in [-0.25, -0.2) is 4.79 Å². The second kappa shape index (κ2) is 6.04. The van der Waals surface area contributed by atoms with E-state index in [0.29, 0.717) is 23.5 Å². The maximum absolute atomic E-state index is 10.7. The van der Waals surface area contributed by atoms with E-state index in [9.17, 15) is 9.90 Å². The van der Waals surface area contributed by atoms with E-state index in [1.807, 2.05) is 12.1 Å². The minimum atomic E-state index is -0.986. The summed E-state index contributed by atoms with van der Waals surface area (Å²) in [6, 6.07) is 5.86. The predicted octanol–water partition coefficient (Wildman–Crippen LogP) is 3.71. The molecule has 0 heterocycles. The Kier molecular flexibility index (Phi) is 3.97. The van der Waals surface area contributed by atoms with Crippen LogP contribution in [0.5, 0.6) is 5.75 Å². The zero-order valence-electron chi connectivity index (χ0n) is 14.6. The van der Waals surface area contributed by atoms with Gasteiger partial charge >= 0.3 is 5.97 Å². The molecule has 2 saturated carbocycles. The van der Waals surface area contributed by atoms with Crippen LogP contribution >= 0.6 is 0 Å². The van der Waals surface area contributed by atoms with Crippen molar-refractivity contribution < 1.29 is 19.8 Å². The van der Waals surface area contributed by atoms with E-state index in [1.54, 1.807) is 0 Å². The van der Waals surface area contributed by atoms with Gasteiger partial charge < -0.3 is 15.1 Å². The molecule has 3 aliphatic carbocycles. The van der Waals surface area contributed by atoms with Crippen molar-refractivity contribution in [3.63, 3.8) is 0 Å². The van der Waals surface area contributed by atoms with Gasteiger partial charge in [-0.1, -0.05) is 18.1 Å². The Morgan fingerprint density at radius 2 is 2.20 bits per heavy atom. The summed E-state index contributed by atoms with van der Waals surface area (Å²) in [7, 11) is 0. The highest BCUT2D eigenvalue weighted by Gasteiger charge is 2.53. The lowest BCUT2D eigenvalue weighted by atomic mass is 9.55. The van der Waals surface area contributed by atoms with Crippen molar-refractivity contribution in [1.82, 2.24) is 0 Å². The number of hydrogen-bond donors (Lipinski definition) is 2. The van der Waals surface area contributed by atoms with E-state index in [1.165, 1.54) is 11.1 Å². The van der Waals surface area contributed by atoms with Gasteiger partial charge in [0.2, 0.25) is 6.61 Å². The van der Waals surface area contributed by atoms with E-state index in [-0.39, 0.29) is 12.0 Å². The van der Waals surface area contributed by atoms with E-state index in [0.717, 1.165) is 44.2 Å². The Morgan fingerprint density at radius 1 is 1.36 bits per heavy atom. The number of nitrogens with zero attached hydrogens (tertiary/aromatic N) is 1. The number of carboxylic acids is 1. The Balaban J connectivity index is 1.58. The van der Waals surface area contributed by atoms with Crippen LogP contribution in [0.25, 0.3) is 0 Å². The van der Waals surface area contributed by atoms with Crippen LogP contribution < -0.4 is 0 Å². The van der Waals surface area contributed by atoms with Gasteiger partial charge in [-0.2, -0.15) is 0 Å². The number of carboxylic acid groups (broad SMARTS) is 1. The first-order valence-electron chi connectivity index (χ1n) is 9.22. The molecule has 0 bridgehead atoms. The molecule has 0 unspecified atom stereocenters. The number of phenolic OH excluding ortho intramolecular Hbond substituents is 1. The number of fused-ring (bicyclic) bond motifs is 5. The molecule has 3 aliphatic rings. The summed E-state index contributed by atoms with van der Waals surface area (Å²) in [4.78, 5) is 15.7. The number of rotatable bonds is 3. The standard InChI is InChI=1S/C20H25NO4/c1-20-9-8-15-14-5-3-13(22)10-12(14)2-4-16(15)17(20)6-7-18(20)21-25-11-19(23)24/h3,5,10,15-17,22H,2,4,6-9,11H2,1H3,(H,23,24)/t15-,16-,17+,20+/m1/s1/i22+1. The fraction of sp³-hybridized carbons (Fsp3) is 0.600. The van der Waals surface area contributed by atoms with Crippen LogP contribution in [-0.4, -0.2) is 28.5 Å². The van der Waals surface area contributed by atoms with Crippen molar-refractivity contribution in [3.8, 4) is 5.75 Å². The number of phenols is 1. The van der Waals surface area contributed by atoms with Gasteiger partial charge in [0.25, 0.3) is 0 Å². The minimum Gasteiger partial charge on any atom is -0.508 e. The van der Waals surface area contributed by atoms with E-state index in [2.05, 4.69) is 18.1 Å². The maximum atomic E-state index is 10.7. The summed E-state index contributed by atoms with van der Waals surface area (Å²) in [6.07, 6.45) is 6.39. The molecule has 5 nitrogen and oxygen atoms in total. The zero-order chi connectivity index (χ0) is 17.6. The molecule has 1 aromatic carbocycles.